The second kappa shape index (κ2) is 3.83. The third-order valence-electron chi connectivity index (χ3n) is 1.65. The number of rotatable bonds is 3. The molecule has 0 spiro atoms. The first kappa shape index (κ1) is 8.68. The van der Waals surface area contributed by atoms with Crippen molar-refractivity contribution in [3.63, 3.8) is 0 Å². The van der Waals surface area contributed by atoms with Crippen LogP contribution in [0.2, 0.25) is 0 Å². The Bertz CT molecular complexity index is 304. The van der Waals surface area contributed by atoms with Crippen LogP contribution in [0.4, 0.5) is 0 Å². The summed E-state index contributed by atoms with van der Waals surface area (Å²) in [5.74, 6) is 0. The molecule has 1 rings (SSSR count). The van der Waals surface area contributed by atoms with E-state index < -0.39 is 0 Å². The van der Waals surface area contributed by atoms with Crippen LogP contribution < -0.4 is 0 Å². The quantitative estimate of drug-likeness (QED) is 0.653. The van der Waals surface area contributed by atoms with Gasteiger partial charge in [0.2, 0.25) is 0 Å². The van der Waals surface area contributed by atoms with E-state index in [2.05, 4.69) is 6.58 Å². The maximum Gasteiger partial charge on any atom is 0.0682 e. The summed E-state index contributed by atoms with van der Waals surface area (Å²) in [4.78, 5) is 0. The second-order valence-electron chi connectivity index (χ2n) is 2.53. The molecular formula is C10H11NO. The van der Waals surface area contributed by atoms with Gasteiger partial charge in [-0.3, -0.25) is 0 Å². The molecule has 0 aromatic heterocycles. The lowest BCUT2D eigenvalue weighted by molar-refractivity contribution is 0.282. The van der Waals surface area contributed by atoms with Crippen LogP contribution in [-0.2, 0) is 6.61 Å². The molecule has 0 unspecified atom stereocenters. The molecule has 2 nitrogen and oxygen atoms in total. The molecule has 0 saturated carbocycles. The lowest BCUT2D eigenvalue weighted by atomic mass is 10.1. The summed E-state index contributed by atoms with van der Waals surface area (Å²) in [6.45, 7) is 3.72. The van der Waals surface area contributed by atoms with Gasteiger partial charge >= 0.3 is 0 Å². The van der Waals surface area contributed by atoms with Gasteiger partial charge in [0.05, 0.1) is 6.61 Å². The fourth-order valence-electron chi connectivity index (χ4n) is 0.953. The van der Waals surface area contributed by atoms with Gasteiger partial charge in [-0.15, -0.1) is 0 Å². The summed E-state index contributed by atoms with van der Waals surface area (Å²) in [5, 5.41) is 15.8. The molecule has 0 radical (unpaired) electrons. The highest BCUT2D eigenvalue weighted by Gasteiger charge is 1.95. The highest BCUT2D eigenvalue weighted by atomic mass is 16.3. The SMILES string of the molecule is C=C(C=N)c1cccc(CO)c1. The Morgan fingerprint density at radius 2 is 2.33 bits per heavy atom. The molecule has 0 amide bonds. The summed E-state index contributed by atoms with van der Waals surface area (Å²) in [7, 11) is 0. The third-order valence-corrected chi connectivity index (χ3v) is 1.65. The van der Waals surface area contributed by atoms with Crippen molar-refractivity contribution in [3.05, 3.63) is 42.0 Å². The maximum absolute atomic E-state index is 8.83. The van der Waals surface area contributed by atoms with Gasteiger partial charge in [0.1, 0.15) is 0 Å². The highest BCUT2D eigenvalue weighted by Crippen LogP contribution is 2.11. The zero-order valence-corrected chi connectivity index (χ0v) is 6.75. The van der Waals surface area contributed by atoms with Crippen LogP contribution in [0.1, 0.15) is 11.1 Å². The van der Waals surface area contributed by atoms with Crippen molar-refractivity contribution in [3.8, 4) is 0 Å². The average Bonchev–Trinajstić information content (AvgIpc) is 2.17. The van der Waals surface area contributed by atoms with Crippen molar-refractivity contribution in [1.29, 1.82) is 5.41 Å². The molecule has 12 heavy (non-hydrogen) atoms. The summed E-state index contributed by atoms with van der Waals surface area (Å²) >= 11 is 0. The van der Waals surface area contributed by atoms with Gasteiger partial charge in [-0.05, 0) is 22.8 Å². The first-order chi connectivity index (χ1) is 5.77. The number of hydrogen-bond acceptors (Lipinski definition) is 2. The lowest BCUT2D eigenvalue weighted by Gasteiger charge is -2.01. The van der Waals surface area contributed by atoms with Crippen molar-refractivity contribution >= 4 is 11.8 Å². The van der Waals surface area contributed by atoms with Gasteiger partial charge in [-0.2, -0.15) is 0 Å². The van der Waals surface area contributed by atoms with E-state index in [-0.39, 0.29) is 6.61 Å². The van der Waals surface area contributed by atoms with E-state index in [0.717, 1.165) is 11.1 Å². The highest BCUT2D eigenvalue weighted by molar-refractivity contribution is 6.07. The molecule has 0 atom stereocenters. The molecule has 0 aliphatic carbocycles. The summed E-state index contributed by atoms with van der Waals surface area (Å²) in [5.41, 5.74) is 2.39. The molecule has 62 valence electrons. The van der Waals surface area contributed by atoms with Crippen molar-refractivity contribution < 1.29 is 5.11 Å². The van der Waals surface area contributed by atoms with Crippen molar-refractivity contribution in [2.24, 2.45) is 0 Å². The molecule has 1 aromatic rings. The van der Waals surface area contributed by atoms with Crippen molar-refractivity contribution in [2.45, 2.75) is 6.61 Å². The van der Waals surface area contributed by atoms with Crippen LogP contribution in [0.25, 0.3) is 5.57 Å². The molecule has 2 heteroatoms. The largest absolute Gasteiger partial charge is 0.392 e. The zero-order chi connectivity index (χ0) is 8.97. The first-order valence-electron chi connectivity index (χ1n) is 3.67. The van der Waals surface area contributed by atoms with Crippen LogP contribution in [0, 0.1) is 5.41 Å². The fourth-order valence-corrected chi connectivity index (χ4v) is 0.953. The summed E-state index contributed by atoms with van der Waals surface area (Å²) in [6.07, 6.45) is 1.20. The molecule has 0 fully saturated rings. The van der Waals surface area contributed by atoms with Crippen molar-refractivity contribution in [2.75, 3.05) is 0 Å². The minimum atomic E-state index is 0.0269. The van der Waals surface area contributed by atoms with Crippen LogP contribution in [0.15, 0.2) is 30.8 Å². The van der Waals surface area contributed by atoms with E-state index >= 15 is 0 Å². The number of nitrogens with one attached hydrogen (secondary N) is 1. The lowest BCUT2D eigenvalue weighted by Crippen LogP contribution is -1.87. The number of aliphatic hydroxyl groups is 1. The predicted octanol–water partition coefficient (Wildman–Crippen LogP) is 1.84. The Morgan fingerprint density at radius 3 is 2.92 bits per heavy atom. The molecule has 0 heterocycles. The van der Waals surface area contributed by atoms with E-state index in [9.17, 15) is 0 Å². The van der Waals surface area contributed by atoms with E-state index in [1.807, 2.05) is 24.3 Å². The standard InChI is InChI=1S/C10H11NO/c1-8(6-11)10-4-2-3-9(5-10)7-12/h2-6,11-12H,1,7H2. The Hall–Kier alpha value is -1.41. The minimum Gasteiger partial charge on any atom is -0.392 e. The van der Waals surface area contributed by atoms with E-state index in [0.29, 0.717) is 5.57 Å². The van der Waals surface area contributed by atoms with Gasteiger partial charge in [0.15, 0.2) is 0 Å². The predicted molar refractivity (Wildman–Crippen MR) is 50.2 cm³/mol. The second-order valence-corrected chi connectivity index (χ2v) is 2.53. The molecule has 0 saturated heterocycles. The number of aliphatic hydroxyl groups excluding tert-OH is 1. The monoisotopic (exact) mass is 161 g/mol. The molecule has 0 bridgehead atoms. The average molecular weight is 161 g/mol. The summed E-state index contributed by atoms with van der Waals surface area (Å²) in [6, 6.07) is 7.37. The van der Waals surface area contributed by atoms with E-state index in [1.54, 1.807) is 0 Å². The van der Waals surface area contributed by atoms with Crippen LogP contribution in [-0.4, -0.2) is 11.3 Å². The first-order valence-corrected chi connectivity index (χ1v) is 3.67. The fraction of sp³-hybridized carbons (Fsp3) is 0.100. The minimum absolute atomic E-state index is 0.0269. The molecule has 2 N–H and O–H groups in total. The van der Waals surface area contributed by atoms with E-state index in [1.165, 1.54) is 6.21 Å². The Kier molecular flexibility index (Phi) is 2.77. The zero-order valence-electron chi connectivity index (χ0n) is 6.75. The topological polar surface area (TPSA) is 44.1 Å². The molecule has 1 aromatic carbocycles. The van der Waals surface area contributed by atoms with Crippen molar-refractivity contribution in [1.82, 2.24) is 0 Å². The Balaban J connectivity index is 3.01. The van der Waals surface area contributed by atoms with Gasteiger partial charge < -0.3 is 10.5 Å². The molecule has 0 aliphatic heterocycles. The number of benzene rings is 1. The maximum atomic E-state index is 8.83. The van der Waals surface area contributed by atoms with Crippen LogP contribution in [0.5, 0.6) is 0 Å². The normalized spacial score (nSPS) is 9.42. The van der Waals surface area contributed by atoms with E-state index in [4.69, 9.17) is 10.5 Å². The molecule has 0 aliphatic rings. The van der Waals surface area contributed by atoms with Gasteiger partial charge in [-0.1, -0.05) is 24.8 Å². The Morgan fingerprint density at radius 1 is 1.58 bits per heavy atom. The number of hydrogen-bond donors (Lipinski definition) is 2. The third kappa shape index (κ3) is 1.80. The van der Waals surface area contributed by atoms with Crippen LogP contribution in [0.3, 0.4) is 0 Å². The smallest absolute Gasteiger partial charge is 0.0682 e. The van der Waals surface area contributed by atoms with Crippen LogP contribution >= 0.6 is 0 Å². The van der Waals surface area contributed by atoms with Gasteiger partial charge in [-0.25, -0.2) is 0 Å². The van der Waals surface area contributed by atoms with Gasteiger partial charge in [0, 0.05) is 6.21 Å². The van der Waals surface area contributed by atoms with Gasteiger partial charge in [0.25, 0.3) is 0 Å². The summed E-state index contributed by atoms with van der Waals surface area (Å²) < 4.78 is 0. The Labute approximate surface area is 71.7 Å². The molecular weight excluding hydrogens is 150 g/mol. The number of allylic oxidation sites excluding steroid dienone is 1.